The van der Waals surface area contributed by atoms with Crippen molar-refractivity contribution in [3.63, 3.8) is 0 Å². The van der Waals surface area contributed by atoms with Crippen LogP contribution >= 0.6 is 0 Å². The van der Waals surface area contributed by atoms with E-state index in [4.69, 9.17) is 14.2 Å². The van der Waals surface area contributed by atoms with Gasteiger partial charge in [0.15, 0.2) is 18.8 Å². The third kappa shape index (κ3) is 5.58. The zero-order valence-electron chi connectivity index (χ0n) is 15.8. The van der Waals surface area contributed by atoms with Crippen LogP contribution in [0.4, 0.5) is 4.39 Å². The van der Waals surface area contributed by atoms with Gasteiger partial charge in [-0.05, 0) is 0 Å². The van der Waals surface area contributed by atoms with E-state index in [1.54, 1.807) is 0 Å². The Morgan fingerprint density at radius 3 is 2.07 bits per heavy atom. The number of hydrogen-bond donors (Lipinski definition) is 7. The standard InChI is InChI=1S/C16H27FN2O10/c1-5(21)18-10-14(25)12(23)8(28-15(10)26)4-27-16-11(19-6(2)22)13(24)9(17)7(3-20)29-16/h7-16,20,23-26H,3-4H2,1-2H3,(H,18,21)(H,19,22). The van der Waals surface area contributed by atoms with Gasteiger partial charge < -0.3 is 50.4 Å². The first-order valence-electron chi connectivity index (χ1n) is 9.00. The first-order chi connectivity index (χ1) is 13.6. The summed E-state index contributed by atoms with van der Waals surface area (Å²) in [7, 11) is 0. The van der Waals surface area contributed by atoms with Gasteiger partial charge in [-0.15, -0.1) is 0 Å². The second-order valence-corrected chi connectivity index (χ2v) is 6.99. The van der Waals surface area contributed by atoms with E-state index >= 15 is 0 Å². The Labute approximate surface area is 165 Å². The highest BCUT2D eigenvalue weighted by atomic mass is 19.1. The highest BCUT2D eigenvalue weighted by Gasteiger charge is 2.48. The summed E-state index contributed by atoms with van der Waals surface area (Å²) in [5.41, 5.74) is 0. The van der Waals surface area contributed by atoms with Gasteiger partial charge in [-0.1, -0.05) is 0 Å². The molecule has 0 bridgehead atoms. The number of halogens is 1. The number of carbonyl (C=O) groups is 2. The molecule has 10 atom stereocenters. The molecule has 13 heteroatoms. The predicted molar refractivity (Wildman–Crippen MR) is 90.7 cm³/mol. The molecule has 7 N–H and O–H groups in total. The van der Waals surface area contributed by atoms with Crippen LogP contribution in [0.15, 0.2) is 0 Å². The highest BCUT2D eigenvalue weighted by Crippen LogP contribution is 2.26. The molecule has 2 aliphatic rings. The average molecular weight is 426 g/mol. The molecular weight excluding hydrogens is 399 g/mol. The summed E-state index contributed by atoms with van der Waals surface area (Å²) < 4.78 is 29.9. The SMILES string of the molecule is CC(=O)NC1C(O)OC(COC2OC(CO)C(F)C(O)C2NC(C)=O)C(O)C1O. The minimum atomic E-state index is -1.99. The van der Waals surface area contributed by atoms with E-state index in [0.717, 1.165) is 13.8 Å². The second-order valence-electron chi connectivity index (χ2n) is 6.99. The monoisotopic (exact) mass is 426 g/mol. The van der Waals surface area contributed by atoms with Gasteiger partial charge >= 0.3 is 0 Å². The zero-order chi connectivity index (χ0) is 21.9. The molecule has 12 nitrogen and oxygen atoms in total. The van der Waals surface area contributed by atoms with Crippen LogP contribution in [0, 0.1) is 0 Å². The number of carbonyl (C=O) groups excluding carboxylic acids is 2. The molecule has 0 aromatic heterocycles. The van der Waals surface area contributed by atoms with Gasteiger partial charge in [-0.2, -0.15) is 0 Å². The van der Waals surface area contributed by atoms with Crippen LogP contribution in [0.25, 0.3) is 0 Å². The van der Waals surface area contributed by atoms with E-state index in [2.05, 4.69) is 10.6 Å². The molecule has 0 saturated carbocycles. The molecule has 2 heterocycles. The number of alkyl halides is 1. The minimum absolute atomic E-state index is 0.495. The Balaban J connectivity index is 2.05. The van der Waals surface area contributed by atoms with Gasteiger partial charge in [0.1, 0.15) is 42.6 Å². The van der Waals surface area contributed by atoms with Crippen molar-refractivity contribution in [1.82, 2.24) is 10.6 Å². The maximum atomic E-state index is 14.1. The molecule has 0 aromatic carbocycles. The van der Waals surface area contributed by atoms with E-state index in [9.17, 15) is 39.5 Å². The number of rotatable bonds is 6. The molecular formula is C16H27FN2O10. The number of amides is 2. The quantitative estimate of drug-likeness (QED) is 0.220. The number of aliphatic hydroxyl groups excluding tert-OH is 5. The molecule has 0 spiro atoms. The number of nitrogens with one attached hydrogen (secondary N) is 2. The van der Waals surface area contributed by atoms with Gasteiger partial charge in [-0.25, -0.2) is 4.39 Å². The number of aliphatic hydroxyl groups is 5. The van der Waals surface area contributed by atoms with Crippen LogP contribution in [0.3, 0.4) is 0 Å². The topological polar surface area (TPSA) is 187 Å². The van der Waals surface area contributed by atoms with Crippen LogP contribution in [0.5, 0.6) is 0 Å². The van der Waals surface area contributed by atoms with Crippen LogP contribution in [-0.4, -0.2) is 112 Å². The Bertz CT molecular complexity index is 584. The summed E-state index contributed by atoms with van der Waals surface area (Å²) in [4.78, 5) is 22.5. The van der Waals surface area contributed by atoms with Gasteiger partial charge in [0.2, 0.25) is 11.8 Å². The van der Waals surface area contributed by atoms with Crippen molar-refractivity contribution in [3.8, 4) is 0 Å². The van der Waals surface area contributed by atoms with Crippen molar-refractivity contribution in [2.75, 3.05) is 13.2 Å². The van der Waals surface area contributed by atoms with Crippen molar-refractivity contribution < 1.29 is 53.7 Å². The summed E-state index contributed by atoms with van der Waals surface area (Å²) in [5.74, 6) is -1.16. The Morgan fingerprint density at radius 1 is 0.931 bits per heavy atom. The molecule has 168 valence electrons. The van der Waals surface area contributed by atoms with Crippen LogP contribution in [0.2, 0.25) is 0 Å². The summed E-state index contributed by atoms with van der Waals surface area (Å²) in [6.45, 7) is 1.04. The predicted octanol–water partition coefficient (Wildman–Crippen LogP) is -4.13. The summed E-state index contributed by atoms with van der Waals surface area (Å²) in [6.07, 6.45) is -12.7. The Kier molecular flexibility index (Phi) is 8.25. The fourth-order valence-corrected chi connectivity index (χ4v) is 3.25. The lowest BCUT2D eigenvalue weighted by Crippen LogP contribution is -2.65. The van der Waals surface area contributed by atoms with Crippen molar-refractivity contribution in [3.05, 3.63) is 0 Å². The molecule has 29 heavy (non-hydrogen) atoms. The van der Waals surface area contributed by atoms with Gasteiger partial charge in [0, 0.05) is 13.8 Å². The van der Waals surface area contributed by atoms with Crippen LogP contribution in [0.1, 0.15) is 13.8 Å². The maximum Gasteiger partial charge on any atom is 0.217 e. The minimum Gasteiger partial charge on any atom is -0.394 e. The largest absolute Gasteiger partial charge is 0.394 e. The van der Waals surface area contributed by atoms with Gasteiger partial charge in [0.25, 0.3) is 0 Å². The number of ether oxygens (including phenoxy) is 3. The van der Waals surface area contributed by atoms with E-state index < -0.39 is 86.4 Å². The normalized spacial score (nSPS) is 42.9. The van der Waals surface area contributed by atoms with E-state index in [1.807, 2.05) is 0 Å². The summed E-state index contributed by atoms with van der Waals surface area (Å²) >= 11 is 0. The average Bonchev–Trinajstić information content (AvgIpc) is 2.65. The highest BCUT2D eigenvalue weighted by molar-refractivity contribution is 5.73. The Morgan fingerprint density at radius 2 is 1.52 bits per heavy atom. The molecule has 0 aliphatic carbocycles. The molecule has 2 fully saturated rings. The van der Waals surface area contributed by atoms with E-state index in [0.29, 0.717) is 0 Å². The molecule has 0 aromatic rings. The summed E-state index contributed by atoms with van der Waals surface area (Å²) in [6, 6.07) is -2.60. The molecule has 10 unspecified atom stereocenters. The first kappa shape index (κ1) is 23.8. The first-order valence-corrected chi connectivity index (χ1v) is 9.00. The zero-order valence-corrected chi connectivity index (χ0v) is 15.8. The lowest BCUT2D eigenvalue weighted by Gasteiger charge is -2.43. The van der Waals surface area contributed by atoms with Crippen molar-refractivity contribution in [2.45, 2.75) is 75.2 Å². The van der Waals surface area contributed by atoms with E-state index in [-0.39, 0.29) is 0 Å². The van der Waals surface area contributed by atoms with Crippen molar-refractivity contribution in [2.24, 2.45) is 0 Å². The molecule has 2 saturated heterocycles. The van der Waals surface area contributed by atoms with Crippen LogP contribution < -0.4 is 10.6 Å². The second kappa shape index (κ2) is 10.0. The maximum absolute atomic E-state index is 14.1. The van der Waals surface area contributed by atoms with Crippen molar-refractivity contribution >= 4 is 11.8 Å². The third-order valence-electron chi connectivity index (χ3n) is 4.72. The van der Waals surface area contributed by atoms with Gasteiger partial charge in [0.05, 0.1) is 13.2 Å². The van der Waals surface area contributed by atoms with Crippen LogP contribution in [-0.2, 0) is 23.8 Å². The fraction of sp³-hybridized carbons (Fsp3) is 0.875. The smallest absolute Gasteiger partial charge is 0.217 e. The van der Waals surface area contributed by atoms with E-state index in [1.165, 1.54) is 0 Å². The lowest BCUT2D eigenvalue weighted by atomic mass is 9.96. The molecule has 0 radical (unpaired) electrons. The van der Waals surface area contributed by atoms with Gasteiger partial charge in [-0.3, -0.25) is 9.59 Å². The summed E-state index contributed by atoms with van der Waals surface area (Å²) in [5, 5.41) is 54.1. The molecule has 2 amide bonds. The third-order valence-corrected chi connectivity index (χ3v) is 4.72. The van der Waals surface area contributed by atoms with Crippen molar-refractivity contribution in [1.29, 1.82) is 0 Å². The Hall–Kier alpha value is -1.45. The number of hydrogen-bond acceptors (Lipinski definition) is 10. The lowest BCUT2D eigenvalue weighted by molar-refractivity contribution is -0.292. The fourth-order valence-electron chi connectivity index (χ4n) is 3.25. The molecule has 2 aliphatic heterocycles. The molecule has 2 rings (SSSR count).